The first-order chi connectivity index (χ1) is 30.2. The Kier molecular flexibility index (Phi) is 9.22. The number of fused-ring (bicyclic) bond motifs is 3. The average Bonchev–Trinajstić information content (AvgIpc) is 3.69. The van der Waals surface area contributed by atoms with Crippen molar-refractivity contribution in [1.29, 1.82) is 0 Å². The van der Waals surface area contributed by atoms with E-state index in [9.17, 15) is 0 Å². The van der Waals surface area contributed by atoms with Gasteiger partial charge in [0.15, 0.2) is 0 Å². The Morgan fingerprint density at radius 1 is 0.230 bits per heavy atom. The zero-order valence-corrected chi connectivity index (χ0v) is 33.5. The van der Waals surface area contributed by atoms with Gasteiger partial charge in [-0.15, -0.1) is 0 Å². The van der Waals surface area contributed by atoms with E-state index in [1.807, 2.05) is 6.07 Å². The zero-order chi connectivity index (χ0) is 40.5. The smallest absolute Gasteiger partial charge is 0.0715 e. The Morgan fingerprint density at radius 2 is 0.557 bits per heavy atom. The summed E-state index contributed by atoms with van der Waals surface area (Å²) in [4.78, 5) is 5.13. The monoisotopic (exact) mass is 776 g/mol. The van der Waals surface area contributed by atoms with Crippen molar-refractivity contribution in [3.63, 3.8) is 0 Å². The SMILES string of the molecule is c1ccc(-c2cc(-c3ccccc3)nc(-c3ccc(-c4cccc(-c5ccc(-c6cccc(-c7ccc(-n8c9ccccc9c9ccccc98)cc7)c6)cc5)c4)cc3)c2)cc1. The van der Waals surface area contributed by atoms with Crippen molar-refractivity contribution in [2.45, 2.75) is 0 Å². The Labute approximate surface area is 356 Å². The molecule has 2 heterocycles. The highest BCUT2D eigenvalue weighted by atomic mass is 15.0. The molecule has 2 heteroatoms. The van der Waals surface area contributed by atoms with E-state index in [4.69, 9.17) is 4.98 Å². The summed E-state index contributed by atoms with van der Waals surface area (Å²) >= 11 is 0. The van der Waals surface area contributed by atoms with Crippen molar-refractivity contribution >= 4 is 21.8 Å². The molecule has 0 unspecified atom stereocenters. The fourth-order valence-electron chi connectivity index (χ4n) is 8.68. The van der Waals surface area contributed by atoms with Crippen LogP contribution in [0.3, 0.4) is 0 Å². The number of para-hydroxylation sites is 2. The molecule has 0 aliphatic rings. The highest BCUT2D eigenvalue weighted by Crippen LogP contribution is 2.36. The van der Waals surface area contributed by atoms with E-state index >= 15 is 0 Å². The number of hydrogen-bond acceptors (Lipinski definition) is 1. The summed E-state index contributed by atoms with van der Waals surface area (Å²) in [5, 5.41) is 2.55. The molecule has 2 aromatic heterocycles. The standard InChI is InChI=1S/C59H40N2/c1-3-13-41(14-4-1)52-39-56(46-15-5-2-6-16-46)60-57(40-52)47-31-29-44(30-32-47)50-19-11-17-48(37-50)42-25-27-43(28-26-42)49-18-12-20-51(38-49)45-33-35-53(36-34-45)61-58-23-9-7-21-54(58)55-22-8-10-24-59(55)61/h1-40H. The van der Waals surface area contributed by atoms with Crippen LogP contribution >= 0.6 is 0 Å². The molecule has 9 aromatic carbocycles. The van der Waals surface area contributed by atoms with Crippen LogP contribution < -0.4 is 0 Å². The molecule has 0 bridgehead atoms. The maximum Gasteiger partial charge on any atom is 0.0715 e. The molecule has 0 atom stereocenters. The quantitative estimate of drug-likeness (QED) is 0.150. The van der Waals surface area contributed by atoms with Gasteiger partial charge in [-0.05, 0) is 104 Å². The van der Waals surface area contributed by atoms with Crippen LogP contribution in [0.5, 0.6) is 0 Å². The van der Waals surface area contributed by atoms with Gasteiger partial charge in [0, 0.05) is 27.6 Å². The Bertz CT molecular complexity index is 3200. The van der Waals surface area contributed by atoms with Gasteiger partial charge in [-0.25, -0.2) is 4.98 Å². The molecule has 0 amide bonds. The fraction of sp³-hybridized carbons (Fsp3) is 0. The molecular weight excluding hydrogens is 737 g/mol. The maximum absolute atomic E-state index is 5.13. The van der Waals surface area contributed by atoms with Crippen LogP contribution in [-0.2, 0) is 0 Å². The summed E-state index contributed by atoms with van der Waals surface area (Å²) in [5.41, 5.74) is 19.6. The number of benzene rings is 9. The Morgan fingerprint density at radius 3 is 1.02 bits per heavy atom. The summed E-state index contributed by atoms with van der Waals surface area (Å²) in [7, 11) is 0. The highest BCUT2D eigenvalue weighted by molar-refractivity contribution is 6.09. The number of nitrogens with zero attached hydrogens (tertiary/aromatic N) is 2. The number of rotatable bonds is 8. The van der Waals surface area contributed by atoms with Crippen molar-refractivity contribution in [1.82, 2.24) is 9.55 Å². The number of hydrogen-bond donors (Lipinski definition) is 0. The summed E-state index contributed by atoms with van der Waals surface area (Å²) in [6.45, 7) is 0. The first-order valence-corrected chi connectivity index (χ1v) is 20.9. The zero-order valence-electron chi connectivity index (χ0n) is 33.5. The maximum atomic E-state index is 5.13. The van der Waals surface area contributed by atoms with Gasteiger partial charge in [-0.2, -0.15) is 0 Å². The third kappa shape index (κ3) is 7.01. The van der Waals surface area contributed by atoms with Crippen LogP contribution in [0.1, 0.15) is 0 Å². The molecule has 0 saturated heterocycles. The van der Waals surface area contributed by atoms with Gasteiger partial charge in [-0.3, -0.25) is 0 Å². The minimum Gasteiger partial charge on any atom is -0.309 e. The summed E-state index contributed by atoms with van der Waals surface area (Å²) < 4.78 is 2.37. The van der Waals surface area contributed by atoms with Gasteiger partial charge in [0.2, 0.25) is 0 Å². The summed E-state index contributed by atoms with van der Waals surface area (Å²) in [6, 6.07) is 87.0. The molecule has 61 heavy (non-hydrogen) atoms. The normalized spacial score (nSPS) is 11.3. The fourth-order valence-corrected chi connectivity index (χ4v) is 8.68. The van der Waals surface area contributed by atoms with Crippen LogP contribution in [0.15, 0.2) is 243 Å². The molecular formula is C59H40N2. The molecule has 0 fully saturated rings. The third-order valence-corrected chi connectivity index (χ3v) is 11.8. The van der Waals surface area contributed by atoms with Crippen LogP contribution in [0.4, 0.5) is 0 Å². The molecule has 0 aliphatic heterocycles. The Hall–Kier alpha value is -8.07. The first-order valence-electron chi connectivity index (χ1n) is 20.9. The van der Waals surface area contributed by atoms with Crippen LogP contribution in [-0.4, -0.2) is 9.55 Å². The highest BCUT2D eigenvalue weighted by Gasteiger charge is 2.13. The molecule has 0 saturated carbocycles. The second-order valence-electron chi connectivity index (χ2n) is 15.6. The number of pyridine rings is 1. The van der Waals surface area contributed by atoms with Crippen molar-refractivity contribution < 1.29 is 0 Å². The van der Waals surface area contributed by atoms with E-state index in [2.05, 4.69) is 241 Å². The molecule has 0 aliphatic carbocycles. The van der Waals surface area contributed by atoms with Crippen LogP contribution in [0.25, 0.3) is 106 Å². The van der Waals surface area contributed by atoms with E-state index < -0.39 is 0 Å². The van der Waals surface area contributed by atoms with Crippen molar-refractivity contribution in [2.75, 3.05) is 0 Å². The van der Waals surface area contributed by atoms with E-state index in [1.54, 1.807) is 0 Å². The second-order valence-corrected chi connectivity index (χ2v) is 15.6. The van der Waals surface area contributed by atoms with E-state index in [-0.39, 0.29) is 0 Å². The van der Waals surface area contributed by atoms with E-state index in [0.717, 1.165) is 33.8 Å². The molecule has 11 aromatic rings. The van der Waals surface area contributed by atoms with Gasteiger partial charge in [-0.1, -0.05) is 194 Å². The van der Waals surface area contributed by atoms with Crippen LogP contribution in [0, 0.1) is 0 Å². The van der Waals surface area contributed by atoms with Crippen molar-refractivity contribution in [2.24, 2.45) is 0 Å². The average molecular weight is 777 g/mol. The molecule has 286 valence electrons. The lowest BCUT2D eigenvalue weighted by Crippen LogP contribution is -1.93. The minimum atomic E-state index is 0.958. The lowest BCUT2D eigenvalue weighted by atomic mass is 9.95. The molecule has 0 N–H and O–H groups in total. The molecule has 2 nitrogen and oxygen atoms in total. The first kappa shape index (κ1) is 36.0. The van der Waals surface area contributed by atoms with Gasteiger partial charge < -0.3 is 4.57 Å². The van der Waals surface area contributed by atoms with E-state index in [0.29, 0.717) is 0 Å². The van der Waals surface area contributed by atoms with E-state index in [1.165, 1.54) is 71.9 Å². The minimum absolute atomic E-state index is 0.958. The lowest BCUT2D eigenvalue weighted by Gasteiger charge is -2.12. The predicted molar refractivity (Wildman–Crippen MR) is 257 cm³/mol. The second kappa shape index (κ2) is 15.6. The van der Waals surface area contributed by atoms with Gasteiger partial charge in [0.25, 0.3) is 0 Å². The van der Waals surface area contributed by atoms with Crippen LogP contribution in [0.2, 0.25) is 0 Å². The van der Waals surface area contributed by atoms with Crippen molar-refractivity contribution in [3.05, 3.63) is 243 Å². The largest absolute Gasteiger partial charge is 0.309 e. The molecule has 0 radical (unpaired) electrons. The molecule has 11 rings (SSSR count). The molecule has 0 spiro atoms. The van der Waals surface area contributed by atoms with Gasteiger partial charge in [0.1, 0.15) is 0 Å². The number of aromatic nitrogens is 2. The summed E-state index contributed by atoms with van der Waals surface area (Å²) in [5.74, 6) is 0. The predicted octanol–water partition coefficient (Wildman–Crippen LogP) is 15.8. The lowest BCUT2D eigenvalue weighted by molar-refractivity contribution is 1.18. The Balaban J connectivity index is 0.833. The van der Waals surface area contributed by atoms with Crippen molar-refractivity contribution in [3.8, 4) is 83.8 Å². The van der Waals surface area contributed by atoms with Gasteiger partial charge in [0.05, 0.1) is 22.4 Å². The summed E-state index contributed by atoms with van der Waals surface area (Å²) in [6.07, 6.45) is 0. The topological polar surface area (TPSA) is 17.8 Å². The third-order valence-electron chi connectivity index (χ3n) is 11.8. The van der Waals surface area contributed by atoms with Gasteiger partial charge >= 0.3 is 0 Å².